The van der Waals surface area contributed by atoms with Crippen LogP contribution in [-0.2, 0) is 0 Å². The minimum atomic E-state index is 0.878. The molecule has 0 spiro atoms. The van der Waals surface area contributed by atoms with Crippen LogP contribution in [0.2, 0.25) is 0 Å². The number of rotatable bonds is 1. The molecule has 2 heteroatoms. The summed E-state index contributed by atoms with van der Waals surface area (Å²) in [7, 11) is 1.72. The molecular formula is C21H14O2. The van der Waals surface area contributed by atoms with Crippen molar-refractivity contribution in [1.29, 1.82) is 0 Å². The van der Waals surface area contributed by atoms with Gasteiger partial charge in [0.15, 0.2) is 0 Å². The number of methoxy groups -OCH3 is 1. The quantitative estimate of drug-likeness (QED) is 0.384. The molecular weight excluding hydrogens is 284 g/mol. The molecule has 0 aliphatic rings. The predicted molar refractivity (Wildman–Crippen MR) is 95.3 cm³/mol. The van der Waals surface area contributed by atoms with E-state index in [1.807, 2.05) is 12.1 Å². The van der Waals surface area contributed by atoms with E-state index in [1.54, 1.807) is 7.11 Å². The Balaban J connectivity index is 2.11. The van der Waals surface area contributed by atoms with Crippen molar-refractivity contribution in [3.05, 3.63) is 66.7 Å². The fraction of sp³-hybridized carbons (Fsp3) is 0.0476. The molecule has 0 amide bonds. The largest absolute Gasteiger partial charge is 0.496 e. The van der Waals surface area contributed by atoms with Gasteiger partial charge in [0, 0.05) is 21.5 Å². The first kappa shape index (κ1) is 12.5. The highest BCUT2D eigenvalue weighted by molar-refractivity contribution is 6.24. The van der Waals surface area contributed by atoms with E-state index in [-0.39, 0.29) is 0 Å². The molecule has 110 valence electrons. The average Bonchev–Trinajstić information content (AvgIpc) is 3.00. The summed E-state index contributed by atoms with van der Waals surface area (Å²) in [6, 6.07) is 22.9. The van der Waals surface area contributed by atoms with E-state index < -0.39 is 0 Å². The first-order chi connectivity index (χ1) is 11.4. The van der Waals surface area contributed by atoms with Crippen LogP contribution >= 0.6 is 0 Å². The van der Waals surface area contributed by atoms with Gasteiger partial charge >= 0.3 is 0 Å². The summed E-state index contributed by atoms with van der Waals surface area (Å²) in [5, 5.41) is 6.85. The molecule has 0 bridgehead atoms. The van der Waals surface area contributed by atoms with Crippen molar-refractivity contribution in [2.75, 3.05) is 7.11 Å². The second kappa shape index (κ2) is 4.50. The summed E-state index contributed by atoms with van der Waals surface area (Å²) < 4.78 is 11.8. The number of furan rings is 1. The maximum absolute atomic E-state index is 6.22. The highest BCUT2D eigenvalue weighted by Gasteiger charge is 2.15. The lowest BCUT2D eigenvalue weighted by atomic mass is 10.0. The summed E-state index contributed by atoms with van der Waals surface area (Å²) in [6.07, 6.45) is 0. The Morgan fingerprint density at radius 3 is 2.30 bits per heavy atom. The number of benzene rings is 4. The van der Waals surface area contributed by atoms with Crippen LogP contribution in [0.5, 0.6) is 5.75 Å². The molecule has 1 aromatic heterocycles. The zero-order chi connectivity index (χ0) is 15.4. The van der Waals surface area contributed by atoms with Crippen LogP contribution in [0, 0.1) is 0 Å². The van der Waals surface area contributed by atoms with Crippen molar-refractivity contribution < 1.29 is 9.15 Å². The van der Waals surface area contributed by atoms with Gasteiger partial charge in [0.05, 0.1) is 7.11 Å². The number of hydrogen-bond donors (Lipinski definition) is 0. The molecule has 0 unspecified atom stereocenters. The van der Waals surface area contributed by atoms with Crippen LogP contribution in [0.4, 0.5) is 0 Å². The van der Waals surface area contributed by atoms with Gasteiger partial charge < -0.3 is 9.15 Å². The van der Waals surface area contributed by atoms with Crippen LogP contribution in [-0.4, -0.2) is 7.11 Å². The first-order valence-corrected chi connectivity index (χ1v) is 7.66. The summed E-state index contributed by atoms with van der Waals surface area (Å²) in [4.78, 5) is 0. The maximum Gasteiger partial charge on any atom is 0.143 e. The van der Waals surface area contributed by atoms with Gasteiger partial charge in [-0.1, -0.05) is 54.6 Å². The minimum absolute atomic E-state index is 0.878. The van der Waals surface area contributed by atoms with Crippen molar-refractivity contribution in [2.24, 2.45) is 0 Å². The van der Waals surface area contributed by atoms with Crippen molar-refractivity contribution >= 4 is 43.5 Å². The third-order valence-corrected chi connectivity index (χ3v) is 4.55. The van der Waals surface area contributed by atoms with Gasteiger partial charge in [-0.05, 0) is 22.9 Å². The van der Waals surface area contributed by atoms with Gasteiger partial charge in [-0.15, -0.1) is 0 Å². The normalized spacial score (nSPS) is 11.7. The second-order valence-electron chi connectivity index (χ2n) is 5.76. The lowest BCUT2D eigenvalue weighted by molar-refractivity contribution is 0.420. The van der Waals surface area contributed by atoms with Gasteiger partial charge in [0.1, 0.15) is 16.9 Å². The molecule has 0 atom stereocenters. The molecule has 0 aliphatic carbocycles. The Morgan fingerprint density at radius 2 is 1.48 bits per heavy atom. The smallest absolute Gasteiger partial charge is 0.143 e. The third kappa shape index (κ3) is 1.63. The summed E-state index contributed by atoms with van der Waals surface area (Å²) in [5.74, 6) is 0.878. The Labute approximate surface area is 132 Å². The van der Waals surface area contributed by atoms with Gasteiger partial charge in [0.25, 0.3) is 0 Å². The highest BCUT2D eigenvalue weighted by Crippen LogP contribution is 2.41. The van der Waals surface area contributed by atoms with Crippen molar-refractivity contribution in [1.82, 2.24) is 0 Å². The van der Waals surface area contributed by atoms with E-state index in [9.17, 15) is 0 Å². The maximum atomic E-state index is 6.22. The van der Waals surface area contributed by atoms with Crippen LogP contribution in [0.25, 0.3) is 43.5 Å². The molecule has 0 radical (unpaired) electrons. The Morgan fingerprint density at radius 1 is 0.739 bits per heavy atom. The van der Waals surface area contributed by atoms with Gasteiger partial charge in [-0.25, -0.2) is 0 Å². The van der Waals surface area contributed by atoms with Crippen molar-refractivity contribution in [3.63, 3.8) is 0 Å². The monoisotopic (exact) mass is 298 g/mol. The molecule has 0 saturated carbocycles. The molecule has 0 N–H and O–H groups in total. The van der Waals surface area contributed by atoms with Crippen molar-refractivity contribution in [2.45, 2.75) is 0 Å². The lowest BCUT2D eigenvalue weighted by Gasteiger charge is -2.06. The average molecular weight is 298 g/mol. The molecule has 5 rings (SSSR count). The van der Waals surface area contributed by atoms with Crippen molar-refractivity contribution in [3.8, 4) is 5.75 Å². The molecule has 0 aliphatic heterocycles. The zero-order valence-electron chi connectivity index (χ0n) is 12.7. The standard InChI is InChI=1S/C21H14O2/c1-22-19-12-17-20-14-7-3-2-6-13(14)10-11-18(20)23-21(17)16-9-5-4-8-15(16)19/h2-12H,1H3. The number of ether oxygens (including phenoxy) is 1. The molecule has 0 saturated heterocycles. The van der Waals surface area contributed by atoms with Gasteiger partial charge in [-0.2, -0.15) is 0 Å². The van der Waals surface area contributed by atoms with Gasteiger partial charge in [-0.3, -0.25) is 0 Å². The lowest BCUT2D eigenvalue weighted by Crippen LogP contribution is -1.85. The summed E-state index contributed by atoms with van der Waals surface area (Å²) in [5.41, 5.74) is 1.84. The van der Waals surface area contributed by atoms with E-state index in [0.29, 0.717) is 0 Å². The third-order valence-electron chi connectivity index (χ3n) is 4.55. The highest BCUT2D eigenvalue weighted by atomic mass is 16.5. The number of hydrogen-bond acceptors (Lipinski definition) is 2. The van der Waals surface area contributed by atoms with Crippen LogP contribution in [0.3, 0.4) is 0 Å². The predicted octanol–water partition coefficient (Wildman–Crippen LogP) is 5.90. The van der Waals surface area contributed by atoms with Crippen LogP contribution in [0.1, 0.15) is 0 Å². The SMILES string of the molecule is COc1cc2c(oc3ccc4ccccc4c32)c2ccccc12. The zero-order valence-corrected chi connectivity index (χ0v) is 12.7. The molecule has 2 nitrogen and oxygen atoms in total. The fourth-order valence-electron chi connectivity index (χ4n) is 3.50. The molecule has 0 fully saturated rings. The van der Waals surface area contributed by atoms with E-state index >= 15 is 0 Å². The Kier molecular flexibility index (Phi) is 2.45. The Hall–Kier alpha value is -3.00. The minimum Gasteiger partial charge on any atom is -0.496 e. The van der Waals surface area contributed by atoms with Crippen LogP contribution in [0.15, 0.2) is 71.1 Å². The fourth-order valence-corrected chi connectivity index (χ4v) is 3.50. The molecule has 5 aromatic rings. The molecule has 23 heavy (non-hydrogen) atoms. The van der Waals surface area contributed by atoms with E-state index in [2.05, 4.69) is 54.6 Å². The first-order valence-electron chi connectivity index (χ1n) is 7.66. The van der Waals surface area contributed by atoms with E-state index in [0.717, 1.165) is 38.5 Å². The Bertz CT molecular complexity index is 1200. The van der Waals surface area contributed by atoms with Gasteiger partial charge in [0.2, 0.25) is 0 Å². The van der Waals surface area contributed by atoms with Crippen LogP contribution < -0.4 is 4.74 Å². The number of fused-ring (bicyclic) bond motifs is 7. The summed E-state index contributed by atoms with van der Waals surface area (Å²) in [6.45, 7) is 0. The molecule has 4 aromatic carbocycles. The van der Waals surface area contributed by atoms with E-state index in [4.69, 9.17) is 9.15 Å². The second-order valence-corrected chi connectivity index (χ2v) is 5.76. The molecule has 1 heterocycles. The summed E-state index contributed by atoms with van der Waals surface area (Å²) >= 11 is 0. The van der Waals surface area contributed by atoms with E-state index in [1.165, 1.54) is 10.8 Å². The topological polar surface area (TPSA) is 22.4 Å².